The van der Waals surface area contributed by atoms with Gasteiger partial charge in [-0.05, 0) is 42.9 Å². The van der Waals surface area contributed by atoms with Gasteiger partial charge < -0.3 is 9.13 Å². The SMILES string of the molecule is Cc1ccc(C)c2[cH-]c(-n3cccc3)cc12.[C-]1=Cc2ccccc2C1n1cccc1.[Cl][Zr+2][Cl]. The first-order chi connectivity index (χ1) is 16.1. The molecule has 0 spiro atoms. The van der Waals surface area contributed by atoms with E-state index >= 15 is 0 Å². The molecule has 0 amide bonds. The first kappa shape index (κ1) is 24.0. The Bertz CT molecular complexity index is 1290. The van der Waals surface area contributed by atoms with E-state index in [1.807, 2.05) is 12.1 Å². The van der Waals surface area contributed by atoms with Crippen LogP contribution >= 0.6 is 17.0 Å². The summed E-state index contributed by atoms with van der Waals surface area (Å²) in [6, 6.07) is 25.8. The first-order valence-electron chi connectivity index (χ1n) is 10.7. The number of rotatable bonds is 2. The maximum atomic E-state index is 4.93. The summed E-state index contributed by atoms with van der Waals surface area (Å²) in [6.07, 6.45) is 13.8. The van der Waals surface area contributed by atoms with E-state index in [2.05, 4.69) is 121 Å². The number of fused-ring (bicyclic) bond motifs is 2. The number of aryl methyl sites for hydroxylation is 2. The Morgan fingerprint density at radius 2 is 1.48 bits per heavy atom. The van der Waals surface area contributed by atoms with Crippen LogP contribution in [0.3, 0.4) is 0 Å². The summed E-state index contributed by atoms with van der Waals surface area (Å²) in [7, 11) is 9.87. The zero-order valence-corrected chi connectivity index (χ0v) is 22.5. The van der Waals surface area contributed by atoms with Crippen LogP contribution in [0.25, 0.3) is 22.5 Å². The number of hydrogen-bond donors (Lipinski definition) is 0. The molecule has 6 rings (SSSR count). The van der Waals surface area contributed by atoms with Crippen molar-refractivity contribution < 1.29 is 20.8 Å². The van der Waals surface area contributed by atoms with Gasteiger partial charge in [-0.15, -0.1) is 46.2 Å². The Labute approximate surface area is 214 Å². The quantitative estimate of drug-likeness (QED) is 0.196. The van der Waals surface area contributed by atoms with Crippen molar-refractivity contribution in [2.45, 2.75) is 19.9 Å². The van der Waals surface area contributed by atoms with Crippen molar-refractivity contribution in [2.24, 2.45) is 0 Å². The van der Waals surface area contributed by atoms with E-state index in [9.17, 15) is 0 Å². The fourth-order valence-corrected chi connectivity index (χ4v) is 4.15. The van der Waals surface area contributed by atoms with Crippen LogP contribution in [0.15, 0.2) is 97.6 Å². The van der Waals surface area contributed by atoms with Crippen LogP contribution in [0, 0.1) is 19.9 Å². The Morgan fingerprint density at radius 3 is 2.18 bits per heavy atom. The number of halogens is 2. The van der Waals surface area contributed by atoms with Crippen LogP contribution in [-0.4, -0.2) is 9.13 Å². The summed E-state index contributed by atoms with van der Waals surface area (Å²) in [5.41, 5.74) is 6.56. The summed E-state index contributed by atoms with van der Waals surface area (Å²) in [6.45, 7) is 4.34. The molecule has 0 N–H and O–H groups in total. The average molecular weight is 551 g/mol. The summed E-state index contributed by atoms with van der Waals surface area (Å²) in [5, 5.41) is 2.73. The molecule has 5 aromatic rings. The van der Waals surface area contributed by atoms with Crippen LogP contribution in [0.5, 0.6) is 0 Å². The third-order valence-electron chi connectivity index (χ3n) is 5.82. The molecule has 1 atom stereocenters. The van der Waals surface area contributed by atoms with Gasteiger partial charge in [-0.3, -0.25) is 0 Å². The molecule has 2 aromatic heterocycles. The molecule has 1 unspecified atom stereocenters. The van der Waals surface area contributed by atoms with Gasteiger partial charge in [0.2, 0.25) is 0 Å². The van der Waals surface area contributed by atoms with Crippen molar-refractivity contribution in [2.75, 3.05) is 0 Å². The Morgan fingerprint density at radius 1 is 0.848 bits per heavy atom. The molecule has 1 aliphatic rings. The molecule has 5 heteroatoms. The second kappa shape index (κ2) is 11.3. The number of allylic oxidation sites excluding steroid dienone is 1. The van der Waals surface area contributed by atoms with Crippen molar-refractivity contribution in [1.29, 1.82) is 0 Å². The standard InChI is InChI=1S/C15H14N.C13H10N.2ClH.Zr/c1-11-5-6-12(2)15-10-13(9-14(11)15)16-7-3-4-8-16;1-2-6-12-11(5-1)7-8-13(12)14-9-3-4-10-14;;;/h3-10H,1-2H3;1-7,9-10,13H;2*1H;/q2*-1;;;+4/p-2. The molecule has 0 saturated carbocycles. The van der Waals surface area contributed by atoms with Gasteiger partial charge in [-0.25, -0.2) is 12.2 Å². The number of aromatic nitrogens is 2. The molecular weight excluding hydrogens is 526 g/mol. The first-order valence-corrected chi connectivity index (χ1v) is 17.0. The Balaban J connectivity index is 0.000000142. The molecule has 33 heavy (non-hydrogen) atoms. The molecule has 1 aliphatic carbocycles. The Kier molecular flexibility index (Phi) is 8.20. The van der Waals surface area contributed by atoms with Crippen LogP contribution in [0.4, 0.5) is 0 Å². The fraction of sp³-hybridized carbons (Fsp3) is 0.107. The van der Waals surface area contributed by atoms with Gasteiger partial charge >= 0.3 is 37.9 Å². The second-order valence-corrected chi connectivity index (χ2v) is 11.6. The molecule has 0 saturated heterocycles. The molecule has 0 fully saturated rings. The maximum absolute atomic E-state index is 4.93. The topological polar surface area (TPSA) is 9.86 Å². The molecule has 0 bridgehead atoms. The zero-order chi connectivity index (χ0) is 23.2. The molecule has 0 aliphatic heterocycles. The van der Waals surface area contributed by atoms with E-state index in [-0.39, 0.29) is 6.04 Å². The third-order valence-corrected chi connectivity index (χ3v) is 5.82. The fourth-order valence-electron chi connectivity index (χ4n) is 4.15. The van der Waals surface area contributed by atoms with E-state index in [1.165, 1.54) is 38.7 Å². The van der Waals surface area contributed by atoms with Crippen LogP contribution in [0.1, 0.15) is 28.3 Å². The summed E-state index contributed by atoms with van der Waals surface area (Å²) < 4.78 is 4.32. The molecule has 2 nitrogen and oxygen atoms in total. The van der Waals surface area contributed by atoms with Crippen LogP contribution in [0.2, 0.25) is 0 Å². The monoisotopic (exact) mass is 548 g/mol. The van der Waals surface area contributed by atoms with Gasteiger partial charge in [0.1, 0.15) is 0 Å². The molecule has 164 valence electrons. The predicted molar refractivity (Wildman–Crippen MR) is 137 cm³/mol. The van der Waals surface area contributed by atoms with Gasteiger partial charge in [0.05, 0.1) is 0 Å². The minimum atomic E-state index is -0.826. The van der Waals surface area contributed by atoms with Crippen molar-refractivity contribution in [3.05, 3.63) is 126 Å². The predicted octanol–water partition coefficient (Wildman–Crippen LogP) is 8.25. The summed E-state index contributed by atoms with van der Waals surface area (Å²) >= 11 is -0.826. The zero-order valence-electron chi connectivity index (χ0n) is 18.5. The number of benzene rings is 2. The third kappa shape index (κ3) is 5.49. The van der Waals surface area contributed by atoms with Gasteiger partial charge in [-0.1, -0.05) is 36.8 Å². The molecule has 2 heterocycles. The van der Waals surface area contributed by atoms with Crippen molar-refractivity contribution in [3.8, 4) is 5.69 Å². The normalized spacial score (nSPS) is 13.5. The Hall–Kier alpha value is -2.19. The molecular formula is C28H24Cl2N2Zr. The van der Waals surface area contributed by atoms with Crippen molar-refractivity contribution in [1.82, 2.24) is 9.13 Å². The van der Waals surface area contributed by atoms with Crippen LogP contribution in [-0.2, 0) is 20.8 Å². The van der Waals surface area contributed by atoms with Crippen molar-refractivity contribution in [3.63, 3.8) is 0 Å². The number of nitrogens with zero attached hydrogens (tertiary/aromatic N) is 2. The number of hydrogen-bond acceptors (Lipinski definition) is 0. The van der Waals surface area contributed by atoms with Crippen LogP contribution < -0.4 is 0 Å². The van der Waals surface area contributed by atoms with Gasteiger partial charge in [0.25, 0.3) is 0 Å². The van der Waals surface area contributed by atoms with E-state index < -0.39 is 20.8 Å². The van der Waals surface area contributed by atoms with E-state index in [1.54, 1.807) is 0 Å². The second-order valence-electron chi connectivity index (χ2n) is 7.87. The average Bonchev–Trinajstić information content (AvgIpc) is 3.63. The summed E-state index contributed by atoms with van der Waals surface area (Å²) in [4.78, 5) is 0. The molecule has 3 aromatic carbocycles. The van der Waals surface area contributed by atoms with Gasteiger partial charge in [0.15, 0.2) is 0 Å². The summed E-state index contributed by atoms with van der Waals surface area (Å²) in [5.74, 6) is 0. The van der Waals surface area contributed by atoms with E-state index in [4.69, 9.17) is 17.0 Å². The van der Waals surface area contributed by atoms with Gasteiger partial charge in [0, 0.05) is 24.8 Å². The van der Waals surface area contributed by atoms with E-state index in [0.717, 1.165) is 0 Å². The van der Waals surface area contributed by atoms with Gasteiger partial charge in [-0.2, -0.15) is 5.56 Å². The van der Waals surface area contributed by atoms with E-state index in [0.29, 0.717) is 0 Å². The minimum absolute atomic E-state index is 0.265. The molecule has 0 radical (unpaired) electrons. The van der Waals surface area contributed by atoms with Crippen molar-refractivity contribution >= 4 is 33.9 Å².